The zero-order valence-corrected chi connectivity index (χ0v) is 17.0. The summed E-state index contributed by atoms with van der Waals surface area (Å²) in [6.07, 6.45) is 26.7. The average molecular weight is 339 g/mol. The Hall–Kier alpha value is 0.350. The van der Waals surface area contributed by atoms with Crippen LogP contribution >= 0.6 is 11.8 Å². The minimum atomic E-state index is 0.629. The van der Waals surface area contributed by atoms with Crippen LogP contribution in [-0.4, -0.2) is 9.49 Å². The van der Waals surface area contributed by atoms with E-state index in [2.05, 4.69) is 25.6 Å². The van der Waals surface area contributed by atoms with Crippen LogP contribution < -0.4 is 0 Å². The van der Waals surface area contributed by atoms with Gasteiger partial charge in [0.25, 0.3) is 0 Å². The summed E-state index contributed by atoms with van der Waals surface area (Å²) >= 11 is 2.53. The van der Waals surface area contributed by atoms with Crippen molar-refractivity contribution in [2.75, 3.05) is 0 Å². The van der Waals surface area contributed by atoms with Crippen molar-refractivity contribution in [3.05, 3.63) is 0 Å². The summed E-state index contributed by atoms with van der Waals surface area (Å²) in [4.78, 5) is 0. The van der Waals surface area contributed by atoms with Gasteiger partial charge in [0.05, 0.1) is 0 Å². The van der Waals surface area contributed by atoms with Gasteiger partial charge in [-0.15, -0.1) is 11.8 Å². The predicted octanol–water partition coefficient (Wildman–Crippen LogP) is 8.29. The van der Waals surface area contributed by atoms with Crippen LogP contribution in [-0.2, 0) is 0 Å². The van der Waals surface area contributed by atoms with E-state index in [-0.39, 0.29) is 0 Å². The third-order valence-electron chi connectivity index (χ3n) is 6.37. The molecule has 0 radical (unpaired) electrons. The second-order valence-electron chi connectivity index (χ2n) is 8.50. The molecule has 136 valence electrons. The molecule has 0 nitrogen and oxygen atoms in total. The Morgan fingerprint density at radius 1 is 0.522 bits per heavy atom. The molecule has 2 fully saturated rings. The molecular formula is C22H42S. The van der Waals surface area contributed by atoms with Crippen LogP contribution in [0.4, 0.5) is 0 Å². The van der Waals surface area contributed by atoms with Gasteiger partial charge in [0.2, 0.25) is 0 Å². The Bertz CT molecular complexity index is 263. The van der Waals surface area contributed by atoms with E-state index in [0.717, 1.165) is 0 Å². The van der Waals surface area contributed by atoms with E-state index in [0.29, 0.717) is 9.49 Å². The Balaban J connectivity index is 2.13. The molecule has 0 spiro atoms. The van der Waals surface area contributed by atoms with Gasteiger partial charge in [0, 0.05) is 9.49 Å². The van der Waals surface area contributed by atoms with Crippen molar-refractivity contribution in [1.29, 1.82) is 0 Å². The van der Waals surface area contributed by atoms with Crippen molar-refractivity contribution >= 4 is 11.8 Å². The first kappa shape index (κ1) is 19.7. The van der Waals surface area contributed by atoms with Gasteiger partial charge in [-0.2, -0.15) is 0 Å². The Labute approximate surface area is 151 Å². The van der Waals surface area contributed by atoms with Crippen molar-refractivity contribution in [2.45, 2.75) is 139 Å². The van der Waals surface area contributed by atoms with Gasteiger partial charge in [-0.05, 0) is 38.5 Å². The number of rotatable bonds is 6. The van der Waals surface area contributed by atoms with Crippen molar-refractivity contribution < 1.29 is 0 Å². The molecule has 0 heterocycles. The summed E-state index contributed by atoms with van der Waals surface area (Å²) in [5, 5.41) is 0. The lowest BCUT2D eigenvalue weighted by Gasteiger charge is -2.45. The molecule has 0 aliphatic heterocycles. The molecule has 0 saturated heterocycles. The molecule has 1 heteroatoms. The second kappa shape index (κ2) is 10.4. The zero-order valence-electron chi connectivity index (χ0n) is 16.1. The van der Waals surface area contributed by atoms with E-state index in [1.807, 2.05) is 0 Å². The van der Waals surface area contributed by atoms with E-state index in [4.69, 9.17) is 0 Å². The van der Waals surface area contributed by atoms with E-state index in [9.17, 15) is 0 Å². The van der Waals surface area contributed by atoms with Crippen LogP contribution in [0.25, 0.3) is 0 Å². The minimum absolute atomic E-state index is 0.629. The van der Waals surface area contributed by atoms with Gasteiger partial charge in [-0.25, -0.2) is 0 Å². The van der Waals surface area contributed by atoms with Crippen molar-refractivity contribution in [3.63, 3.8) is 0 Å². The Morgan fingerprint density at radius 2 is 0.826 bits per heavy atom. The van der Waals surface area contributed by atoms with Gasteiger partial charge in [-0.1, -0.05) is 90.9 Å². The summed E-state index contributed by atoms with van der Waals surface area (Å²) in [5.74, 6) is 0. The van der Waals surface area contributed by atoms with Crippen molar-refractivity contribution in [2.24, 2.45) is 0 Å². The minimum Gasteiger partial charge on any atom is -0.148 e. The smallest absolute Gasteiger partial charge is 0.0165 e. The molecular weight excluding hydrogens is 296 g/mol. The van der Waals surface area contributed by atoms with E-state index < -0.39 is 0 Å². The number of hydrogen-bond donors (Lipinski definition) is 0. The fraction of sp³-hybridized carbons (Fsp3) is 1.00. The normalized spacial score (nSPS) is 25.8. The van der Waals surface area contributed by atoms with Crippen LogP contribution in [0.3, 0.4) is 0 Å². The molecule has 0 unspecified atom stereocenters. The maximum Gasteiger partial charge on any atom is 0.0165 e. The molecule has 2 rings (SSSR count). The molecule has 0 amide bonds. The molecule has 2 aliphatic rings. The summed E-state index contributed by atoms with van der Waals surface area (Å²) in [6.45, 7) is 4.84. The summed E-state index contributed by atoms with van der Waals surface area (Å²) < 4.78 is 1.26. The third kappa shape index (κ3) is 6.29. The van der Waals surface area contributed by atoms with E-state index in [1.165, 1.54) is 116 Å². The summed E-state index contributed by atoms with van der Waals surface area (Å²) in [5.41, 5.74) is 0. The first-order valence-electron chi connectivity index (χ1n) is 10.9. The maximum atomic E-state index is 2.53. The fourth-order valence-electron chi connectivity index (χ4n) is 5.28. The lowest BCUT2D eigenvalue weighted by atomic mass is 9.86. The highest BCUT2D eigenvalue weighted by atomic mass is 32.2. The zero-order chi connectivity index (χ0) is 16.4. The van der Waals surface area contributed by atoms with E-state index >= 15 is 0 Å². The highest BCUT2D eigenvalue weighted by Crippen LogP contribution is 2.53. The second-order valence-corrected chi connectivity index (χ2v) is 10.4. The van der Waals surface area contributed by atoms with Gasteiger partial charge in [-0.3, -0.25) is 0 Å². The molecule has 2 aliphatic carbocycles. The molecule has 2 saturated carbocycles. The van der Waals surface area contributed by atoms with Crippen LogP contribution in [0.2, 0.25) is 0 Å². The molecule has 0 aromatic rings. The highest BCUT2D eigenvalue weighted by molar-refractivity contribution is 8.02. The number of hydrogen-bond acceptors (Lipinski definition) is 1. The largest absolute Gasteiger partial charge is 0.148 e. The lowest BCUT2D eigenvalue weighted by Crippen LogP contribution is -2.36. The highest BCUT2D eigenvalue weighted by Gasteiger charge is 2.40. The number of thioether (sulfide) groups is 1. The SMILES string of the molecule is CCCC1(SC2(CCC)CCCCCCC2)CCCCCCC1. The predicted molar refractivity (Wildman–Crippen MR) is 108 cm³/mol. The quantitative estimate of drug-likeness (QED) is 0.469. The molecule has 0 aromatic carbocycles. The van der Waals surface area contributed by atoms with Crippen LogP contribution in [0.15, 0.2) is 0 Å². The van der Waals surface area contributed by atoms with Gasteiger partial charge in [0.1, 0.15) is 0 Å². The molecule has 0 atom stereocenters. The first-order valence-corrected chi connectivity index (χ1v) is 11.8. The van der Waals surface area contributed by atoms with Crippen LogP contribution in [0, 0.1) is 0 Å². The summed E-state index contributed by atoms with van der Waals surface area (Å²) in [7, 11) is 0. The average Bonchev–Trinajstić information content (AvgIpc) is 2.48. The lowest BCUT2D eigenvalue weighted by molar-refractivity contribution is 0.362. The molecule has 0 bridgehead atoms. The fourth-order valence-corrected chi connectivity index (χ4v) is 7.79. The van der Waals surface area contributed by atoms with Gasteiger partial charge >= 0.3 is 0 Å². The topological polar surface area (TPSA) is 0 Å². The standard InChI is InChI=1S/C22H42S/c1-3-15-21(17-11-7-5-8-12-18-21)23-22(16-4-2)19-13-9-6-10-14-20-22/h3-20H2,1-2H3. The van der Waals surface area contributed by atoms with Crippen molar-refractivity contribution in [3.8, 4) is 0 Å². The van der Waals surface area contributed by atoms with Crippen LogP contribution in [0.1, 0.15) is 129 Å². The summed E-state index contributed by atoms with van der Waals surface area (Å²) in [6, 6.07) is 0. The monoisotopic (exact) mass is 338 g/mol. The Morgan fingerprint density at radius 3 is 1.13 bits per heavy atom. The van der Waals surface area contributed by atoms with Gasteiger partial charge in [0.15, 0.2) is 0 Å². The maximum absolute atomic E-state index is 2.53. The van der Waals surface area contributed by atoms with Crippen LogP contribution in [0.5, 0.6) is 0 Å². The van der Waals surface area contributed by atoms with Crippen molar-refractivity contribution in [1.82, 2.24) is 0 Å². The molecule has 0 aromatic heterocycles. The first-order chi connectivity index (χ1) is 11.2. The molecule has 23 heavy (non-hydrogen) atoms. The van der Waals surface area contributed by atoms with E-state index in [1.54, 1.807) is 0 Å². The van der Waals surface area contributed by atoms with Gasteiger partial charge < -0.3 is 0 Å². The third-order valence-corrected chi connectivity index (χ3v) is 8.46. The Kier molecular flexibility index (Phi) is 8.87. The molecule has 0 N–H and O–H groups in total.